The van der Waals surface area contributed by atoms with Gasteiger partial charge in [-0.25, -0.2) is 4.98 Å². The maximum Gasteiger partial charge on any atom is 0.291 e. The number of H-pyrrole nitrogens is 1. The highest BCUT2D eigenvalue weighted by atomic mass is 16.2. The molecule has 7 heteroatoms. The normalized spacial score (nSPS) is 16.7. The Kier molecular flexibility index (Phi) is 6.44. The summed E-state index contributed by atoms with van der Waals surface area (Å²) in [6.45, 7) is 7.57. The van der Waals surface area contributed by atoms with Gasteiger partial charge in [0.2, 0.25) is 11.7 Å². The molecule has 0 spiro atoms. The molecule has 0 saturated carbocycles. The number of benzene rings is 2. The highest BCUT2D eigenvalue weighted by molar-refractivity contribution is 5.91. The second-order valence-corrected chi connectivity index (χ2v) is 8.07. The van der Waals surface area contributed by atoms with Crippen LogP contribution in [-0.4, -0.2) is 63.0 Å². The summed E-state index contributed by atoms with van der Waals surface area (Å²) in [5, 5.41) is 6.41. The second kappa shape index (κ2) is 9.60. The number of nitrogens with zero attached hydrogens (tertiary/aromatic N) is 4. The highest BCUT2D eigenvalue weighted by Crippen LogP contribution is 2.26. The summed E-state index contributed by atoms with van der Waals surface area (Å²) in [5.41, 5.74) is 4.57. The fourth-order valence-electron chi connectivity index (χ4n) is 4.22. The molecule has 0 bridgehead atoms. The molecule has 3 aromatic rings. The van der Waals surface area contributed by atoms with Crippen LogP contribution in [0.5, 0.6) is 0 Å². The third-order valence-electron chi connectivity index (χ3n) is 5.86. The number of rotatable bonds is 6. The number of amides is 2. The van der Waals surface area contributed by atoms with E-state index in [0.717, 1.165) is 11.1 Å². The summed E-state index contributed by atoms with van der Waals surface area (Å²) in [5.74, 6) is -0.361. The molecule has 7 nitrogen and oxygen atoms in total. The van der Waals surface area contributed by atoms with E-state index in [-0.39, 0.29) is 23.6 Å². The highest BCUT2D eigenvalue weighted by Gasteiger charge is 2.33. The van der Waals surface area contributed by atoms with E-state index >= 15 is 0 Å². The number of hydrogen-bond donors (Lipinski definition) is 1. The first kappa shape index (κ1) is 21.5. The second-order valence-electron chi connectivity index (χ2n) is 8.07. The molecule has 1 N–H and O–H groups in total. The third kappa shape index (κ3) is 4.61. The number of aromatic amines is 1. The van der Waals surface area contributed by atoms with E-state index in [4.69, 9.17) is 0 Å². The van der Waals surface area contributed by atoms with E-state index in [1.54, 1.807) is 15.9 Å². The van der Waals surface area contributed by atoms with Crippen LogP contribution in [0.4, 0.5) is 0 Å². The van der Waals surface area contributed by atoms with Gasteiger partial charge in [-0.2, -0.15) is 5.10 Å². The van der Waals surface area contributed by atoms with E-state index in [2.05, 4.69) is 52.9 Å². The van der Waals surface area contributed by atoms with Crippen LogP contribution < -0.4 is 0 Å². The minimum absolute atomic E-state index is 0.0408. The molecule has 164 valence electrons. The predicted molar refractivity (Wildman–Crippen MR) is 123 cm³/mol. The number of aryl methyl sites for hydroxylation is 1. The van der Waals surface area contributed by atoms with Crippen LogP contribution >= 0.6 is 0 Å². The van der Waals surface area contributed by atoms with Gasteiger partial charge in [-0.05, 0) is 35.6 Å². The Morgan fingerprint density at radius 2 is 2.06 bits per heavy atom. The molecule has 1 aliphatic rings. The van der Waals surface area contributed by atoms with Crippen molar-refractivity contribution >= 4 is 11.8 Å². The molecular formula is C25H27N5O2. The summed E-state index contributed by atoms with van der Waals surface area (Å²) in [7, 11) is 0. The first-order valence-corrected chi connectivity index (χ1v) is 10.8. The maximum absolute atomic E-state index is 13.3. The van der Waals surface area contributed by atoms with Crippen molar-refractivity contribution in [3.05, 3.63) is 84.5 Å². The lowest BCUT2D eigenvalue weighted by Gasteiger charge is -2.23. The quantitative estimate of drug-likeness (QED) is 0.611. The van der Waals surface area contributed by atoms with Gasteiger partial charge in [0.25, 0.3) is 5.91 Å². The van der Waals surface area contributed by atoms with E-state index in [9.17, 15) is 9.59 Å². The third-order valence-corrected chi connectivity index (χ3v) is 5.86. The Morgan fingerprint density at radius 1 is 1.22 bits per heavy atom. The van der Waals surface area contributed by atoms with Crippen LogP contribution in [0.15, 0.2) is 67.5 Å². The van der Waals surface area contributed by atoms with Gasteiger partial charge in [-0.15, -0.1) is 6.58 Å². The lowest BCUT2D eigenvalue weighted by molar-refractivity contribution is -0.134. The van der Waals surface area contributed by atoms with Gasteiger partial charge in [-0.3, -0.25) is 14.7 Å². The van der Waals surface area contributed by atoms with Crippen molar-refractivity contribution in [1.82, 2.24) is 25.0 Å². The van der Waals surface area contributed by atoms with E-state index in [0.29, 0.717) is 32.6 Å². The monoisotopic (exact) mass is 429 g/mol. The Morgan fingerprint density at radius 3 is 2.81 bits per heavy atom. The molecular weight excluding hydrogens is 402 g/mol. The van der Waals surface area contributed by atoms with Gasteiger partial charge in [0.05, 0.1) is 5.92 Å². The van der Waals surface area contributed by atoms with Crippen LogP contribution in [0, 0.1) is 12.8 Å². The fraction of sp³-hybridized carbons (Fsp3) is 0.280. The van der Waals surface area contributed by atoms with Gasteiger partial charge < -0.3 is 9.80 Å². The molecule has 2 aromatic carbocycles. The van der Waals surface area contributed by atoms with Crippen LogP contribution in [-0.2, 0) is 11.2 Å². The minimum Gasteiger partial charge on any atom is -0.337 e. The van der Waals surface area contributed by atoms with Crippen molar-refractivity contribution in [3.8, 4) is 11.1 Å². The molecule has 1 fully saturated rings. The Hall–Kier alpha value is -3.74. The van der Waals surface area contributed by atoms with Gasteiger partial charge in [0, 0.05) is 26.2 Å². The SMILES string of the molecule is C=CCN1CCN(C(=O)c2ncn[nH]2)CC(Cc2cccc(-c3ccccc3C)c2)C1=O. The number of hydrogen-bond acceptors (Lipinski definition) is 4. The number of aromatic nitrogens is 3. The topological polar surface area (TPSA) is 82.2 Å². The van der Waals surface area contributed by atoms with Gasteiger partial charge in [0.15, 0.2) is 0 Å². The lowest BCUT2D eigenvalue weighted by atomic mass is 9.93. The van der Waals surface area contributed by atoms with Gasteiger partial charge in [0.1, 0.15) is 6.33 Å². The van der Waals surface area contributed by atoms with E-state index in [1.807, 2.05) is 24.3 Å². The Labute approximate surface area is 187 Å². The molecule has 0 radical (unpaired) electrons. The molecule has 1 unspecified atom stereocenters. The number of carbonyl (C=O) groups excluding carboxylic acids is 2. The minimum atomic E-state index is -0.351. The summed E-state index contributed by atoms with van der Waals surface area (Å²) >= 11 is 0. The molecule has 32 heavy (non-hydrogen) atoms. The molecule has 1 aliphatic heterocycles. The predicted octanol–water partition coefficient (Wildman–Crippen LogP) is 3.11. The van der Waals surface area contributed by atoms with Crippen LogP contribution in [0.2, 0.25) is 0 Å². The number of carbonyl (C=O) groups is 2. The van der Waals surface area contributed by atoms with Crippen molar-refractivity contribution in [2.75, 3.05) is 26.2 Å². The Bertz CT molecular complexity index is 1110. The van der Waals surface area contributed by atoms with E-state index < -0.39 is 0 Å². The molecule has 0 aliphatic carbocycles. The summed E-state index contributed by atoms with van der Waals surface area (Å²) in [6, 6.07) is 16.6. The first-order valence-electron chi connectivity index (χ1n) is 10.8. The molecule has 1 aromatic heterocycles. The van der Waals surface area contributed by atoms with Crippen molar-refractivity contribution in [2.45, 2.75) is 13.3 Å². The largest absolute Gasteiger partial charge is 0.337 e. The zero-order valence-corrected chi connectivity index (χ0v) is 18.2. The zero-order valence-electron chi connectivity index (χ0n) is 18.2. The van der Waals surface area contributed by atoms with E-state index in [1.165, 1.54) is 17.5 Å². The zero-order chi connectivity index (χ0) is 22.5. The van der Waals surface area contributed by atoms with Crippen LogP contribution in [0.1, 0.15) is 21.7 Å². The average Bonchev–Trinajstić information content (AvgIpc) is 3.30. The van der Waals surface area contributed by atoms with Crippen LogP contribution in [0.25, 0.3) is 11.1 Å². The summed E-state index contributed by atoms with van der Waals surface area (Å²) < 4.78 is 0. The molecule has 1 saturated heterocycles. The van der Waals surface area contributed by atoms with Crippen molar-refractivity contribution < 1.29 is 9.59 Å². The standard InChI is InChI=1S/C25H27N5O2/c1-3-11-29-12-13-30(25(32)23-26-17-27-28-23)16-21(24(29)31)15-19-8-6-9-20(14-19)22-10-5-4-7-18(22)2/h3-10,14,17,21H,1,11-13,15-16H2,2H3,(H,26,27,28). The van der Waals surface area contributed by atoms with Gasteiger partial charge >= 0.3 is 0 Å². The summed E-state index contributed by atoms with van der Waals surface area (Å²) in [4.78, 5) is 33.7. The molecule has 1 atom stereocenters. The van der Waals surface area contributed by atoms with Crippen LogP contribution in [0.3, 0.4) is 0 Å². The van der Waals surface area contributed by atoms with Crippen molar-refractivity contribution in [3.63, 3.8) is 0 Å². The lowest BCUT2D eigenvalue weighted by Crippen LogP contribution is -2.38. The molecule has 2 heterocycles. The van der Waals surface area contributed by atoms with Crippen molar-refractivity contribution in [1.29, 1.82) is 0 Å². The molecule has 2 amide bonds. The molecule has 4 rings (SSSR count). The Balaban J connectivity index is 1.60. The smallest absolute Gasteiger partial charge is 0.291 e. The average molecular weight is 430 g/mol. The maximum atomic E-state index is 13.3. The fourth-order valence-corrected chi connectivity index (χ4v) is 4.22. The van der Waals surface area contributed by atoms with Gasteiger partial charge in [-0.1, -0.05) is 54.6 Å². The van der Waals surface area contributed by atoms with Crippen molar-refractivity contribution in [2.24, 2.45) is 5.92 Å². The first-order chi connectivity index (χ1) is 15.6. The summed E-state index contributed by atoms with van der Waals surface area (Å²) in [6.07, 6.45) is 3.59. The number of nitrogens with one attached hydrogen (secondary N) is 1.